The second kappa shape index (κ2) is 4.37. The molecule has 0 aliphatic rings. The minimum absolute atomic E-state index is 0.0172. The van der Waals surface area contributed by atoms with Gasteiger partial charge in [-0.2, -0.15) is 0 Å². The van der Waals surface area contributed by atoms with Crippen molar-refractivity contribution in [1.82, 2.24) is 0 Å². The van der Waals surface area contributed by atoms with Gasteiger partial charge in [0.1, 0.15) is 0 Å². The summed E-state index contributed by atoms with van der Waals surface area (Å²) in [4.78, 5) is 0. The van der Waals surface area contributed by atoms with Gasteiger partial charge in [0.2, 0.25) is 0 Å². The van der Waals surface area contributed by atoms with Gasteiger partial charge in [-0.15, -0.1) is 0 Å². The van der Waals surface area contributed by atoms with Crippen molar-refractivity contribution in [2.24, 2.45) is 11.5 Å². The van der Waals surface area contributed by atoms with E-state index in [1.54, 1.807) is 0 Å². The highest BCUT2D eigenvalue weighted by Gasteiger charge is 2.08. The molecule has 0 aliphatic heterocycles. The van der Waals surface area contributed by atoms with Crippen molar-refractivity contribution >= 4 is 0 Å². The summed E-state index contributed by atoms with van der Waals surface area (Å²) in [6.45, 7) is 2.41. The summed E-state index contributed by atoms with van der Waals surface area (Å²) >= 11 is 0. The van der Waals surface area contributed by atoms with E-state index in [9.17, 15) is 0 Å². The van der Waals surface area contributed by atoms with Crippen LogP contribution in [0.4, 0.5) is 0 Å². The SMILES string of the molecule is Cc1ccc(CO)c(C(N)CN)c1. The summed E-state index contributed by atoms with van der Waals surface area (Å²) < 4.78 is 0. The lowest BCUT2D eigenvalue weighted by Gasteiger charge is -2.14. The van der Waals surface area contributed by atoms with Gasteiger partial charge in [0.25, 0.3) is 0 Å². The van der Waals surface area contributed by atoms with E-state index < -0.39 is 0 Å². The molecule has 0 radical (unpaired) electrons. The number of hydrogen-bond donors (Lipinski definition) is 3. The maximum absolute atomic E-state index is 9.06. The average Bonchev–Trinajstić information content (AvgIpc) is 2.16. The second-order valence-corrected chi connectivity index (χ2v) is 3.20. The van der Waals surface area contributed by atoms with Crippen molar-refractivity contribution < 1.29 is 5.11 Å². The minimum atomic E-state index is -0.179. The Kier molecular flexibility index (Phi) is 3.42. The fourth-order valence-electron chi connectivity index (χ4n) is 1.33. The van der Waals surface area contributed by atoms with Gasteiger partial charge in [0.05, 0.1) is 6.61 Å². The number of aliphatic hydroxyl groups is 1. The quantitative estimate of drug-likeness (QED) is 0.632. The van der Waals surface area contributed by atoms with Crippen LogP contribution in [0.15, 0.2) is 18.2 Å². The first-order valence-electron chi connectivity index (χ1n) is 4.35. The number of hydrogen-bond acceptors (Lipinski definition) is 3. The molecule has 0 fully saturated rings. The Morgan fingerprint density at radius 3 is 2.69 bits per heavy atom. The summed E-state index contributed by atoms with van der Waals surface area (Å²) in [6, 6.07) is 5.64. The van der Waals surface area contributed by atoms with Crippen LogP contribution >= 0.6 is 0 Å². The van der Waals surface area contributed by atoms with Crippen molar-refractivity contribution in [1.29, 1.82) is 0 Å². The van der Waals surface area contributed by atoms with E-state index in [1.807, 2.05) is 25.1 Å². The number of rotatable bonds is 3. The third kappa shape index (κ3) is 2.28. The van der Waals surface area contributed by atoms with Crippen LogP contribution in [0.5, 0.6) is 0 Å². The zero-order valence-electron chi connectivity index (χ0n) is 7.83. The van der Waals surface area contributed by atoms with Crippen LogP contribution < -0.4 is 11.5 Å². The first-order valence-corrected chi connectivity index (χ1v) is 4.35. The maximum atomic E-state index is 9.06. The Labute approximate surface area is 78.4 Å². The van der Waals surface area contributed by atoms with E-state index in [0.29, 0.717) is 6.54 Å². The van der Waals surface area contributed by atoms with Crippen LogP contribution in [0.25, 0.3) is 0 Å². The highest BCUT2D eigenvalue weighted by Crippen LogP contribution is 2.17. The Hall–Kier alpha value is -0.900. The van der Waals surface area contributed by atoms with Crippen LogP contribution in [0.2, 0.25) is 0 Å². The molecule has 1 aromatic carbocycles. The summed E-state index contributed by atoms with van der Waals surface area (Å²) in [5.41, 5.74) is 14.2. The molecule has 1 aromatic rings. The third-order valence-corrected chi connectivity index (χ3v) is 2.13. The number of aliphatic hydroxyl groups excluding tert-OH is 1. The first kappa shape index (κ1) is 10.2. The summed E-state index contributed by atoms with van der Waals surface area (Å²) in [7, 11) is 0. The molecule has 0 saturated carbocycles. The fourth-order valence-corrected chi connectivity index (χ4v) is 1.33. The highest BCUT2D eigenvalue weighted by atomic mass is 16.3. The summed E-state index contributed by atoms with van der Waals surface area (Å²) in [6.07, 6.45) is 0. The fraction of sp³-hybridized carbons (Fsp3) is 0.400. The zero-order chi connectivity index (χ0) is 9.84. The molecule has 5 N–H and O–H groups in total. The Balaban J connectivity index is 3.07. The van der Waals surface area contributed by atoms with Gasteiger partial charge in [-0.1, -0.05) is 23.8 Å². The normalized spacial score (nSPS) is 12.9. The Morgan fingerprint density at radius 1 is 1.46 bits per heavy atom. The molecular formula is C10H16N2O. The van der Waals surface area contributed by atoms with Crippen LogP contribution in [0.1, 0.15) is 22.7 Å². The molecule has 0 heterocycles. The van der Waals surface area contributed by atoms with Gasteiger partial charge in [0, 0.05) is 12.6 Å². The summed E-state index contributed by atoms with van der Waals surface area (Å²) in [5, 5.41) is 9.06. The van der Waals surface area contributed by atoms with Gasteiger partial charge in [-0.25, -0.2) is 0 Å². The highest BCUT2D eigenvalue weighted by molar-refractivity contribution is 5.33. The molecular weight excluding hydrogens is 164 g/mol. The lowest BCUT2D eigenvalue weighted by molar-refractivity contribution is 0.280. The molecule has 0 saturated heterocycles. The molecule has 3 heteroatoms. The van der Waals surface area contributed by atoms with E-state index >= 15 is 0 Å². The second-order valence-electron chi connectivity index (χ2n) is 3.20. The number of nitrogens with two attached hydrogens (primary N) is 2. The lowest BCUT2D eigenvalue weighted by atomic mass is 9.99. The van der Waals surface area contributed by atoms with Crippen LogP contribution in [-0.4, -0.2) is 11.7 Å². The standard InChI is InChI=1S/C10H16N2O/c1-7-2-3-8(6-13)9(4-7)10(12)5-11/h2-4,10,13H,5-6,11-12H2,1H3. The number of benzene rings is 1. The van der Waals surface area contributed by atoms with Crippen LogP contribution in [0.3, 0.4) is 0 Å². The number of aryl methyl sites for hydroxylation is 1. The largest absolute Gasteiger partial charge is 0.392 e. The van der Waals surface area contributed by atoms with Gasteiger partial charge in [-0.05, 0) is 18.1 Å². The molecule has 0 bridgehead atoms. The zero-order valence-corrected chi connectivity index (χ0v) is 7.83. The molecule has 0 aliphatic carbocycles. The van der Waals surface area contributed by atoms with Gasteiger partial charge in [-0.3, -0.25) is 0 Å². The molecule has 1 unspecified atom stereocenters. The monoisotopic (exact) mass is 180 g/mol. The Morgan fingerprint density at radius 2 is 2.15 bits per heavy atom. The topological polar surface area (TPSA) is 72.3 Å². The van der Waals surface area contributed by atoms with Gasteiger partial charge in [0.15, 0.2) is 0 Å². The van der Waals surface area contributed by atoms with E-state index in [-0.39, 0.29) is 12.6 Å². The van der Waals surface area contributed by atoms with E-state index in [4.69, 9.17) is 16.6 Å². The van der Waals surface area contributed by atoms with Crippen LogP contribution in [0, 0.1) is 6.92 Å². The third-order valence-electron chi connectivity index (χ3n) is 2.13. The minimum Gasteiger partial charge on any atom is -0.392 e. The van der Waals surface area contributed by atoms with Crippen molar-refractivity contribution in [3.8, 4) is 0 Å². The molecule has 72 valence electrons. The van der Waals surface area contributed by atoms with Crippen molar-refractivity contribution in [2.45, 2.75) is 19.6 Å². The molecule has 1 rings (SSSR count). The average molecular weight is 180 g/mol. The van der Waals surface area contributed by atoms with Crippen molar-refractivity contribution in [3.63, 3.8) is 0 Å². The first-order chi connectivity index (χ1) is 6.19. The predicted molar refractivity (Wildman–Crippen MR) is 53.1 cm³/mol. The van der Waals surface area contributed by atoms with E-state index in [0.717, 1.165) is 16.7 Å². The van der Waals surface area contributed by atoms with Gasteiger partial charge < -0.3 is 16.6 Å². The molecule has 1 atom stereocenters. The Bertz CT molecular complexity index is 286. The smallest absolute Gasteiger partial charge is 0.0685 e. The predicted octanol–water partition coefficient (Wildman–Crippen LogP) is 0.446. The molecule has 0 amide bonds. The van der Waals surface area contributed by atoms with Crippen molar-refractivity contribution in [2.75, 3.05) is 6.54 Å². The van der Waals surface area contributed by atoms with E-state index in [1.165, 1.54) is 0 Å². The maximum Gasteiger partial charge on any atom is 0.0685 e. The molecule has 0 aromatic heterocycles. The van der Waals surface area contributed by atoms with E-state index in [2.05, 4.69) is 0 Å². The molecule has 0 spiro atoms. The van der Waals surface area contributed by atoms with Gasteiger partial charge >= 0.3 is 0 Å². The summed E-state index contributed by atoms with van der Waals surface area (Å²) in [5.74, 6) is 0. The molecule has 13 heavy (non-hydrogen) atoms. The lowest BCUT2D eigenvalue weighted by Crippen LogP contribution is -2.22. The molecule has 3 nitrogen and oxygen atoms in total. The van der Waals surface area contributed by atoms with Crippen LogP contribution in [-0.2, 0) is 6.61 Å². The van der Waals surface area contributed by atoms with Crippen molar-refractivity contribution in [3.05, 3.63) is 34.9 Å².